The first-order chi connectivity index (χ1) is 13.3. The number of hydrogen-bond acceptors (Lipinski definition) is 4. The molecule has 1 amide bonds. The molecule has 0 aliphatic rings. The Kier molecular flexibility index (Phi) is 6.11. The molecule has 3 rings (SSSR count). The van der Waals surface area contributed by atoms with Crippen molar-refractivity contribution in [3.63, 3.8) is 0 Å². The molecule has 0 unspecified atom stereocenters. The molecular weight excluding hydrogens is 411 g/mol. The summed E-state index contributed by atoms with van der Waals surface area (Å²) in [4.78, 5) is 12.2. The van der Waals surface area contributed by atoms with Crippen LogP contribution in [-0.4, -0.2) is 16.1 Å². The second-order valence-corrected chi connectivity index (χ2v) is 7.08. The molecule has 28 heavy (non-hydrogen) atoms. The van der Waals surface area contributed by atoms with E-state index in [2.05, 4.69) is 15.5 Å². The van der Waals surface area contributed by atoms with Crippen LogP contribution in [0.1, 0.15) is 31.5 Å². The van der Waals surface area contributed by atoms with Gasteiger partial charge in [0.05, 0.1) is 10.6 Å². The van der Waals surface area contributed by atoms with Gasteiger partial charge in [0.15, 0.2) is 5.01 Å². The maximum absolute atomic E-state index is 12.6. The lowest BCUT2D eigenvalue weighted by Crippen LogP contribution is -2.22. The van der Waals surface area contributed by atoms with Gasteiger partial charge >= 0.3 is 6.18 Å². The minimum absolute atomic E-state index is 0.143. The molecule has 0 radical (unpaired) electrons. The smallest absolute Gasteiger partial charge is 0.346 e. The highest BCUT2D eigenvalue weighted by molar-refractivity contribution is 7.15. The van der Waals surface area contributed by atoms with E-state index in [9.17, 15) is 18.0 Å². The van der Waals surface area contributed by atoms with E-state index in [1.54, 1.807) is 0 Å². The van der Waals surface area contributed by atoms with E-state index in [1.165, 1.54) is 18.2 Å². The highest BCUT2D eigenvalue weighted by atomic mass is 35.5. The summed E-state index contributed by atoms with van der Waals surface area (Å²) in [7, 11) is 0. The number of carbonyl (C=O) groups excluding carboxylic acids is 1. The Labute approximate surface area is 167 Å². The Hall–Kier alpha value is -2.71. The second kappa shape index (κ2) is 8.53. The van der Waals surface area contributed by atoms with Crippen molar-refractivity contribution in [3.05, 3.63) is 81.3 Å². The zero-order valence-electron chi connectivity index (χ0n) is 14.2. The second-order valence-electron chi connectivity index (χ2n) is 5.69. The van der Waals surface area contributed by atoms with Crippen molar-refractivity contribution in [1.82, 2.24) is 15.5 Å². The molecule has 0 atom stereocenters. The normalized spacial score (nSPS) is 12.1. The monoisotopic (exact) mass is 423 g/mol. The number of nitrogens with one attached hydrogen (secondary N) is 1. The van der Waals surface area contributed by atoms with Crippen LogP contribution in [-0.2, 0) is 12.7 Å². The van der Waals surface area contributed by atoms with Gasteiger partial charge in [0, 0.05) is 6.54 Å². The van der Waals surface area contributed by atoms with Gasteiger partial charge in [0.1, 0.15) is 0 Å². The van der Waals surface area contributed by atoms with Crippen LogP contribution in [0.3, 0.4) is 0 Å². The highest BCUT2D eigenvalue weighted by Gasteiger charge is 2.29. The van der Waals surface area contributed by atoms with Crippen molar-refractivity contribution >= 4 is 40.0 Å². The molecular formula is C19H13ClF3N3OS. The van der Waals surface area contributed by atoms with Gasteiger partial charge in [-0.3, -0.25) is 4.79 Å². The maximum Gasteiger partial charge on any atom is 0.416 e. The molecule has 1 heterocycles. The summed E-state index contributed by atoms with van der Waals surface area (Å²) in [5, 5.41) is 11.1. The van der Waals surface area contributed by atoms with Crippen molar-refractivity contribution in [1.29, 1.82) is 0 Å². The molecule has 0 bridgehead atoms. The summed E-state index contributed by atoms with van der Waals surface area (Å²) in [6, 6.07) is 13.9. The van der Waals surface area contributed by atoms with Crippen LogP contribution in [0.5, 0.6) is 0 Å². The van der Waals surface area contributed by atoms with Crippen LogP contribution in [0, 0.1) is 0 Å². The van der Waals surface area contributed by atoms with Gasteiger partial charge in [-0.05, 0) is 29.3 Å². The molecule has 144 valence electrons. The molecule has 0 aliphatic heterocycles. The molecule has 0 aliphatic carbocycles. The van der Waals surface area contributed by atoms with Crippen LogP contribution in [0.15, 0.2) is 54.6 Å². The summed E-state index contributed by atoms with van der Waals surface area (Å²) < 4.78 is 37.8. The third-order valence-corrected chi connectivity index (χ3v) is 5.01. The number of amides is 1. The lowest BCUT2D eigenvalue weighted by Gasteiger charge is -2.06. The van der Waals surface area contributed by atoms with Crippen LogP contribution in [0.25, 0.3) is 11.1 Å². The lowest BCUT2D eigenvalue weighted by molar-refractivity contribution is -0.137. The average Bonchev–Trinajstić information content (AvgIpc) is 3.17. The van der Waals surface area contributed by atoms with E-state index in [-0.39, 0.29) is 15.9 Å². The predicted molar refractivity (Wildman–Crippen MR) is 103 cm³/mol. The minimum atomic E-state index is -4.40. The van der Waals surface area contributed by atoms with Gasteiger partial charge in [-0.15, -0.1) is 10.2 Å². The lowest BCUT2D eigenvalue weighted by atomic mass is 10.1. The van der Waals surface area contributed by atoms with E-state index in [0.29, 0.717) is 17.1 Å². The first kappa shape index (κ1) is 20.0. The quantitative estimate of drug-likeness (QED) is 0.611. The number of hydrogen-bond donors (Lipinski definition) is 1. The Morgan fingerprint density at radius 2 is 1.68 bits per heavy atom. The minimum Gasteiger partial charge on any atom is -0.346 e. The summed E-state index contributed by atoms with van der Waals surface area (Å²) in [5.74, 6) is -0.383. The fraction of sp³-hybridized carbons (Fsp3) is 0.105. The number of halogens is 4. The third-order valence-electron chi connectivity index (χ3n) is 3.65. The molecule has 0 saturated heterocycles. The number of nitrogens with zero attached hydrogens (tertiary/aromatic N) is 2. The zero-order valence-corrected chi connectivity index (χ0v) is 15.8. The molecule has 4 nitrogen and oxygen atoms in total. The highest BCUT2D eigenvalue weighted by Crippen LogP contribution is 2.30. The van der Waals surface area contributed by atoms with Gasteiger partial charge in [-0.25, -0.2) is 0 Å². The molecule has 0 spiro atoms. The summed E-state index contributed by atoms with van der Waals surface area (Å²) in [6.45, 7) is 0.351. The van der Waals surface area contributed by atoms with E-state index in [4.69, 9.17) is 11.6 Å². The maximum atomic E-state index is 12.6. The van der Waals surface area contributed by atoms with Gasteiger partial charge in [-0.1, -0.05) is 65.4 Å². The van der Waals surface area contributed by atoms with Crippen molar-refractivity contribution in [2.45, 2.75) is 12.7 Å². The third kappa shape index (κ3) is 5.17. The van der Waals surface area contributed by atoms with Crippen LogP contribution in [0.4, 0.5) is 13.2 Å². The van der Waals surface area contributed by atoms with E-state index < -0.39 is 11.7 Å². The van der Waals surface area contributed by atoms with Crippen molar-refractivity contribution in [2.75, 3.05) is 0 Å². The van der Waals surface area contributed by atoms with E-state index in [0.717, 1.165) is 29.0 Å². The van der Waals surface area contributed by atoms with Gasteiger partial charge in [0.25, 0.3) is 5.91 Å². The summed E-state index contributed by atoms with van der Waals surface area (Å²) in [5.41, 5.74) is 0.679. The number of benzene rings is 2. The summed E-state index contributed by atoms with van der Waals surface area (Å²) >= 11 is 7.17. The van der Waals surface area contributed by atoms with Crippen LogP contribution >= 0.6 is 22.9 Å². The number of alkyl halides is 3. The molecule has 9 heteroatoms. The number of aromatic nitrogens is 2. The van der Waals surface area contributed by atoms with Crippen LogP contribution < -0.4 is 5.32 Å². The van der Waals surface area contributed by atoms with Gasteiger partial charge < -0.3 is 5.32 Å². The molecule has 2 aromatic carbocycles. The molecule has 1 N–H and O–H groups in total. The van der Waals surface area contributed by atoms with Crippen LogP contribution in [0.2, 0.25) is 0 Å². The first-order valence-corrected chi connectivity index (χ1v) is 9.23. The molecule has 0 saturated carbocycles. The summed E-state index contributed by atoms with van der Waals surface area (Å²) in [6.07, 6.45) is -2.93. The van der Waals surface area contributed by atoms with E-state index in [1.807, 2.05) is 30.3 Å². The number of rotatable bonds is 5. The molecule has 0 fully saturated rings. The fourth-order valence-corrected chi connectivity index (χ4v) is 3.19. The standard InChI is InChI=1S/C19H13ClF3N3OS/c20-15(10-12-6-8-14(9-7-12)19(21,22)23)17-25-26-18(28-17)16(27)24-11-13-4-2-1-3-5-13/h1-10H,11H2,(H,24,27)/b15-10+. The van der Waals surface area contributed by atoms with Gasteiger partial charge in [-0.2, -0.15) is 13.2 Å². The SMILES string of the molecule is O=C(NCc1ccccc1)c1nnc(/C(Cl)=C\c2ccc(C(F)(F)F)cc2)s1. The largest absolute Gasteiger partial charge is 0.416 e. The molecule has 3 aromatic rings. The average molecular weight is 424 g/mol. The van der Waals surface area contributed by atoms with E-state index >= 15 is 0 Å². The predicted octanol–water partition coefficient (Wildman–Crippen LogP) is 5.22. The van der Waals surface area contributed by atoms with Crippen molar-refractivity contribution in [2.24, 2.45) is 0 Å². The Balaban J connectivity index is 1.67. The first-order valence-electron chi connectivity index (χ1n) is 8.03. The number of carbonyl (C=O) groups is 1. The zero-order chi connectivity index (χ0) is 20.1. The van der Waals surface area contributed by atoms with Crippen molar-refractivity contribution in [3.8, 4) is 0 Å². The Bertz CT molecular complexity index is 986. The Morgan fingerprint density at radius 1 is 1.04 bits per heavy atom. The fourth-order valence-electron chi connectivity index (χ4n) is 2.24. The van der Waals surface area contributed by atoms with Gasteiger partial charge in [0.2, 0.25) is 5.01 Å². The molecule has 1 aromatic heterocycles. The van der Waals surface area contributed by atoms with Crippen molar-refractivity contribution < 1.29 is 18.0 Å². The topological polar surface area (TPSA) is 54.9 Å². The Morgan fingerprint density at radius 3 is 2.32 bits per heavy atom.